The van der Waals surface area contributed by atoms with Crippen molar-refractivity contribution in [3.63, 3.8) is 0 Å². The van der Waals surface area contributed by atoms with Gasteiger partial charge in [-0.25, -0.2) is 4.79 Å². The lowest BCUT2D eigenvalue weighted by atomic mass is 10.0. The van der Waals surface area contributed by atoms with Crippen molar-refractivity contribution in [1.82, 2.24) is 5.32 Å². The Balaban J connectivity index is 2.45. The molecule has 0 atom stereocenters. The molecular weight excluding hydrogens is 522 g/mol. The molecule has 0 fully saturated rings. The Bertz CT molecular complexity index is 1360. The van der Waals surface area contributed by atoms with Crippen LogP contribution in [-0.4, -0.2) is 29.5 Å². The summed E-state index contributed by atoms with van der Waals surface area (Å²) in [6.45, 7) is 4.62. The van der Waals surface area contributed by atoms with Gasteiger partial charge in [-0.2, -0.15) is 26.3 Å². The first-order valence-electron chi connectivity index (χ1n) is 10.4. The summed E-state index contributed by atoms with van der Waals surface area (Å²) in [7, 11) is 0. The number of halogens is 6. The van der Waals surface area contributed by atoms with E-state index in [1.165, 1.54) is 0 Å². The number of benzene rings is 2. The number of carbonyl (C=O) groups excluding carboxylic acids is 3. The van der Waals surface area contributed by atoms with Gasteiger partial charge in [-0.15, -0.1) is 4.99 Å². The summed E-state index contributed by atoms with van der Waals surface area (Å²) in [5.41, 5.74) is 4.98. The second-order valence-corrected chi connectivity index (χ2v) is 8.60. The zero-order chi connectivity index (χ0) is 29.1. The maximum absolute atomic E-state index is 13.4. The van der Waals surface area contributed by atoms with Crippen molar-refractivity contribution in [3.8, 4) is 11.8 Å². The van der Waals surface area contributed by atoms with E-state index in [1.807, 2.05) is 5.32 Å². The van der Waals surface area contributed by atoms with Crippen LogP contribution in [0.3, 0.4) is 0 Å². The SMILES string of the molecule is CC(C)(C)OC(=O)/N=C(\N)NC(=O)c1cc(C#Cc2ccc(C(F)(F)F)c(C(N)=O)c2)cc(C(F)(F)F)c1. The van der Waals surface area contributed by atoms with Gasteiger partial charge in [0.15, 0.2) is 0 Å². The van der Waals surface area contributed by atoms with Crippen LogP contribution < -0.4 is 16.8 Å². The van der Waals surface area contributed by atoms with Gasteiger partial charge in [-0.05, 0) is 57.2 Å². The lowest BCUT2D eigenvalue weighted by Gasteiger charge is -2.17. The van der Waals surface area contributed by atoms with Gasteiger partial charge >= 0.3 is 18.4 Å². The van der Waals surface area contributed by atoms with Gasteiger partial charge < -0.3 is 16.2 Å². The number of guanidine groups is 1. The average molecular weight is 542 g/mol. The molecule has 14 heteroatoms. The maximum atomic E-state index is 13.4. The molecule has 0 aliphatic heterocycles. The predicted molar refractivity (Wildman–Crippen MR) is 123 cm³/mol. The van der Waals surface area contributed by atoms with Crippen LogP contribution in [0.5, 0.6) is 0 Å². The summed E-state index contributed by atoms with van der Waals surface area (Å²) >= 11 is 0. The zero-order valence-corrected chi connectivity index (χ0v) is 20.0. The molecule has 0 bridgehead atoms. The highest BCUT2D eigenvalue weighted by Crippen LogP contribution is 2.33. The third kappa shape index (κ3) is 8.54. The Morgan fingerprint density at radius 3 is 2.00 bits per heavy atom. The number of rotatable bonds is 2. The Morgan fingerprint density at radius 1 is 0.868 bits per heavy atom. The molecule has 0 saturated heterocycles. The van der Waals surface area contributed by atoms with Crippen LogP contribution in [0.15, 0.2) is 41.4 Å². The Kier molecular flexibility index (Phi) is 8.46. The van der Waals surface area contributed by atoms with E-state index in [9.17, 15) is 40.7 Å². The first-order chi connectivity index (χ1) is 17.3. The van der Waals surface area contributed by atoms with Crippen LogP contribution in [0.4, 0.5) is 31.1 Å². The molecule has 0 spiro atoms. The third-order valence-corrected chi connectivity index (χ3v) is 4.31. The summed E-state index contributed by atoms with van der Waals surface area (Å²) in [4.78, 5) is 38.9. The minimum atomic E-state index is -4.91. The van der Waals surface area contributed by atoms with Gasteiger partial charge in [0.2, 0.25) is 11.9 Å². The number of hydrogen-bond donors (Lipinski definition) is 3. The van der Waals surface area contributed by atoms with Crippen molar-refractivity contribution in [2.75, 3.05) is 0 Å². The van der Waals surface area contributed by atoms with Crippen LogP contribution in [0.2, 0.25) is 0 Å². The molecule has 38 heavy (non-hydrogen) atoms. The standard InChI is InChI=1S/C24H20F6N4O4/c1-22(2,3)38-21(37)34-20(32)33-19(36)14-8-13(9-15(11-14)23(25,26)27)5-4-12-6-7-17(24(28,29)30)16(10-12)18(31)35/h6-11H,1-3H3,(H2,31,35)(H3,32,33,34,36,37). The number of nitrogens with two attached hydrogens (primary N) is 2. The molecular formula is C24H20F6N4O4. The van der Waals surface area contributed by atoms with Crippen molar-refractivity contribution >= 4 is 23.9 Å². The van der Waals surface area contributed by atoms with Crippen molar-refractivity contribution < 1.29 is 45.5 Å². The van der Waals surface area contributed by atoms with Crippen LogP contribution in [0.1, 0.15) is 63.7 Å². The number of nitrogens with zero attached hydrogens (tertiary/aromatic N) is 1. The van der Waals surface area contributed by atoms with Crippen molar-refractivity contribution in [2.45, 2.75) is 38.7 Å². The fourth-order valence-electron chi connectivity index (χ4n) is 2.81. The highest BCUT2D eigenvalue weighted by Gasteiger charge is 2.35. The topological polar surface area (TPSA) is 137 Å². The van der Waals surface area contributed by atoms with E-state index < -0.39 is 64.1 Å². The lowest BCUT2D eigenvalue weighted by molar-refractivity contribution is -0.138. The molecule has 0 radical (unpaired) electrons. The molecule has 2 rings (SSSR count). The van der Waals surface area contributed by atoms with Crippen LogP contribution >= 0.6 is 0 Å². The molecule has 0 aliphatic rings. The quantitative estimate of drug-likeness (QED) is 0.226. The second-order valence-electron chi connectivity index (χ2n) is 8.60. The molecule has 0 saturated carbocycles. The molecule has 0 unspecified atom stereocenters. The lowest BCUT2D eigenvalue weighted by Crippen LogP contribution is -2.38. The van der Waals surface area contributed by atoms with Crippen molar-refractivity contribution in [2.24, 2.45) is 16.5 Å². The molecule has 3 amide bonds. The summed E-state index contributed by atoms with van der Waals surface area (Å²) in [5.74, 6) is 1.33. The van der Waals surface area contributed by atoms with Gasteiger partial charge in [-0.1, -0.05) is 11.8 Å². The fourth-order valence-corrected chi connectivity index (χ4v) is 2.81. The minimum absolute atomic E-state index is 0.163. The number of carbonyl (C=O) groups is 3. The number of primary amides is 1. The molecule has 0 aromatic heterocycles. The number of alkyl halides is 6. The van der Waals surface area contributed by atoms with Crippen LogP contribution in [0.25, 0.3) is 0 Å². The van der Waals surface area contributed by atoms with Crippen molar-refractivity contribution in [3.05, 3.63) is 69.8 Å². The molecule has 2 aromatic rings. The van der Waals surface area contributed by atoms with E-state index in [4.69, 9.17) is 16.2 Å². The highest BCUT2D eigenvalue weighted by molar-refractivity contribution is 6.07. The normalized spacial score (nSPS) is 12.3. The van der Waals surface area contributed by atoms with E-state index >= 15 is 0 Å². The smallest absolute Gasteiger partial charge is 0.437 e. The van der Waals surface area contributed by atoms with Gasteiger partial charge in [0.1, 0.15) is 5.60 Å². The third-order valence-electron chi connectivity index (χ3n) is 4.31. The van der Waals surface area contributed by atoms with E-state index in [1.54, 1.807) is 20.8 Å². The van der Waals surface area contributed by atoms with Gasteiger partial charge in [0.25, 0.3) is 5.91 Å². The molecule has 2 aromatic carbocycles. The number of amides is 3. The minimum Gasteiger partial charge on any atom is -0.442 e. The van der Waals surface area contributed by atoms with Crippen LogP contribution in [-0.2, 0) is 17.1 Å². The Hall–Kier alpha value is -4.54. The van der Waals surface area contributed by atoms with Gasteiger partial charge in [-0.3, -0.25) is 14.9 Å². The highest BCUT2D eigenvalue weighted by atomic mass is 19.4. The fraction of sp³-hybridized carbons (Fsp3) is 0.250. The van der Waals surface area contributed by atoms with Crippen LogP contribution in [0, 0.1) is 11.8 Å². The van der Waals surface area contributed by atoms with E-state index in [0.29, 0.717) is 18.2 Å². The van der Waals surface area contributed by atoms with Crippen molar-refractivity contribution in [1.29, 1.82) is 0 Å². The molecule has 8 nitrogen and oxygen atoms in total. The summed E-state index contributed by atoms with van der Waals surface area (Å²) in [6.07, 6.45) is -10.9. The number of hydrogen-bond acceptors (Lipinski definition) is 4. The number of aliphatic imine (C=N–C) groups is 1. The summed E-state index contributed by atoms with van der Waals surface area (Å²) in [5, 5.41) is 1.95. The second kappa shape index (κ2) is 10.8. The molecule has 0 aliphatic carbocycles. The summed E-state index contributed by atoms with van der Waals surface area (Å²) < 4.78 is 84.3. The van der Waals surface area contributed by atoms with E-state index in [2.05, 4.69) is 16.8 Å². The van der Waals surface area contributed by atoms with Gasteiger partial charge in [0, 0.05) is 16.7 Å². The largest absolute Gasteiger partial charge is 0.442 e. The Labute approximate surface area is 212 Å². The van der Waals surface area contributed by atoms with E-state index in [-0.39, 0.29) is 11.1 Å². The predicted octanol–water partition coefficient (Wildman–Crippen LogP) is 4.20. The monoisotopic (exact) mass is 542 g/mol. The number of ether oxygens (including phenoxy) is 1. The van der Waals surface area contributed by atoms with Gasteiger partial charge in [0.05, 0.1) is 16.7 Å². The summed E-state index contributed by atoms with van der Waals surface area (Å²) in [6, 6.07) is 4.23. The zero-order valence-electron chi connectivity index (χ0n) is 20.0. The Morgan fingerprint density at radius 2 is 1.47 bits per heavy atom. The number of nitrogens with one attached hydrogen (secondary N) is 1. The molecule has 0 heterocycles. The molecule has 202 valence electrons. The molecule has 5 N–H and O–H groups in total. The first-order valence-corrected chi connectivity index (χ1v) is 10.4. The van der Waals surface area contributed by atoms with E-state index in [0.717, 1.165) is 18.2 Å². The average Bonchev–Trinajstić information content (AvgIpc) is 2.74. The maximum Gasteiger partial charge on any atom is 0.437 e. The first kappa shape index (κ1) is 29.7.